The fourth-order valence-electron chi connectivity index (χ4n) is 4.97. The largest absolute Gasteiger partial charge is 0.480 e. The number of aromatic amines is 1. The van der Waals surface area contributed by atoms with Gasteiger partial charge in [-0.3, -0.25) is 4.79 Å². The van der Waals surface area contributed by atoms with Gasteiger partial charge in [0.2, 0.25) is 0 Å². The fraction of sp³-hybridized carbons (Fsp3) is 0.405. The van der Waals surface area contributed by atoms with Gasteiger partial charge in [0.25, 0.3) is 5.91 Å². The van der Waals surface area contributed by atoms with Gasteiger partial charge in [0.1, 0.15) is 22.4 Å². The van der Waals surface area contributed by atoms with Crippen LogP contribution in [0.1, 0.15) is 91.7 Å². The molecule has 5 nitrogen and oxygen atoms in total. The number of H-pyrrole nitrogens is 1. The van der Waals surface area contributed by atoms with Gasteiger partial charge in [-0.1, -0.05) is 121 Å². The first-order valence-corrected chi connectivity index (χ1v) is 15.9. The van der Waals surface area contributed by atoms with Gasteiger partial charge < -0.3 is 15.0 Å². The normalized spacial score (nSPS) is 12.7. The molecule has 228 valence electrons. The van der Waals surface area contributed by atoms with Crippen molar-refractivity contribution in [3.8, 4) is 28.4 Å². The van der Waals surface area contributed by atoms with Crippen molar-refractivity contribution < 1.29 is 9.53 Å². The fourth-order valence-corrected chi connectivity index (χ4v) is 5.21. The van der Waals surface area contributed by atoms with E-state index in [4.69, 9.17) is 21.3 Å². The molecular weight excluding hydrogens is 554 g/mol. The SMILES string of the molecule is CCCCC(Oc1ccc(C(C)(C)CC)cc1C(C)(C)CC)C(=O)Nc1ccc(-c2nc(-c3ccccc3)[nH]c2Cl)cc1. The Hall–Kier alpha value is -3.57. The number of carbonyl (C=O) groups excluding carboxylic acids is 1. The predicted molar refractivity (Wildman–Crippen MR) is 180 cm³/mol. The summed E-state index contributed by atoms with van der Waals surface area (Å²) >= 11 is 6.51. The summed E-state index contributed by atoms with van der Waals surface area (Å²) in [6.07, 6.45) is 3.91. The van der Waals surface area contributed by atoms with Crippen LogP contribution in [0.3, 0.4) is 0 Å². The summed E-state index contributed by atoms with van der Waals surface area (Å²) in [5, 5.41) is 3.56. The number of amides is 1. The van der Waals surface area contributed by atoms with E-state index in [0.717, 1.165) is 48.1 Å². The zero-order chi connectivity index (χ0) is 31.2. The third-order valence-electron chi connectivity index (χ3n) is 8.77. The molecule has 0 aliphatic heterocycles. The number of carbonyl (C=O) groups is 1. The molecule has 43 heavy (non-hydrogen) atoms. The zero-order valence-electron chi connectivity index (χ0n) is 26.7. The molecule has 6 heteroatoms. The topological polar surface area (TPSA) is 67.0 Å². The molecular formula is C37H46ClN3O2. The molecule has 1 unspecified atom stereocenters. The number of benzene rings is 3. The first-order valence-electron chi connectivity index (χ1n) is 15.5. The molecule has 0 fully saturated rings. The van der Waals surface area contributed by atoms with Gasteiger partial charge in [0.15, 0.2) is 6.10 Å². The predicted octanol–water partition coefficient (Wildman–Crippen LogP) is 10.3. The average Bonchev–Trinajstić information content (AvgIpc) is 3.41. The highest BCUT2D eigenvalue weighted by molar-refractivity contribution is 6.32. The van der Waals surface area contributed by atoms with Crippen molar-refractivity contribution >= 4 is 23.2 Å². The second-order valence-corrected chi connectivity index (χ2v) is 13.0. The molecule has 1 atom stereocenters. The number of nitrogens with one attached hydrogen (secondary N) is 2. The lowest BCUT2D eigenvalue weighted by atomic mass is 9.76. The number of aromatic nitrogens is 2. The molecule has 0 aliphatic rings. The van der Waals surface area contributed by atoms with Gasteiger partial charge in [0.05, 0.1) is 0 Å². The van der Waals surface area contributed by atoms with Gasteiger partial charge in [-0.25, -0.2) is 4.98 Å². The molecule has 1 amide bonds. The number of anilines is 1. The van der Waals surface area contributed by atoms with Crippen molar-refractivity contribution in [1.29, 1.82) is 0 Å². The minimum atomic E-state index is -0.606. The molecule has 1 aromatic heterocycles. The van der Waals surface area contributed by atoms with E-state index < -0.39 is 6.10 Å². The molecule has 0 bridgehead atoms. The molecule has 4 aromatic rings. The van der Waals surface area contributed by atoms with Crippen LogP contribution in [0.15, 0.2) is 72.8 Å². The first kappa shape index (κ1) is 32.3. The van der Waals surface area contributed by atoms with Crippen LogP contribution >= 0.6 is 11.6 Å². The third-order valence-corrected chi connectivity index (χ3v) is 9.05. The van der Waals surface area contributed by atoms with Crippen LogP contribution in [-0.2, 0) is 15.6 Å². The molecule has 3 aromatic carbocycles. The molecule has 4 rings (SSSR count). The van der Waals surface area contributed by atoms with Crippen molar-refractivity contribution in [2.24, 2.45) is 0 Å². The minimum absolute atomic E-state index is 0.0610. The molecule has 0 saturated heterocycles. The van der Waals surface area contributed by atoms with Gasteiger partial charge in [0, 0.05) is 22.4 Å². The number of unbranched alkanes of at least 4 members (excludes halogenated alkanes) is 1. The summed E-state index contributed by atoms with van der Waals surface area (Å²) in [5.41, 5.74) is 5.61. The van der Waals surface area contributed by atoms with Crippen molar-refractivity contribution in [2.45, 2.75) is 97.5 Å². The number of halogens is 1. The van der Waals surface area contributed by atoms with Crippen LogP contribution in [-0.4, -0.2) is 22.0 Å². The van der Waals surface area contributed by atoms with Crippen LogP contribution in [0.4, 0.5) is 5.69 Å². The Kier molecular flexibility index (Phi) is 10.4. The van der Waals surface area contributed by atoms with E-state index in [0.29, 0.717) is 28.8 Å². The molecule has 0 aliphatic carbocycles. The minimum Gasteiger partial charge on any atom is -0.480 e. The summed E-state index contributed by atoms with van der Waals surface area (Å²) in [6.45, 7) is 15.6. The Labute approximate surface area is 262 Å². The lowest BCUT2D eigenvalue weighted by Gasteiger charge is -2.31. The molecule has 0 radical (unpaired) electrons. The Morgan fingerprint density at radius 2 is 1.58 bits per heavy atom. The highest BCUT2D eigenvalue weighted by Gasteiger charge is 2.29. The highest BCUT2D eigenvalue weighted by Crippen LogP contribution is 2.39. The summed E-state index contributed by atoms with van der Waals surface area (Å²) in [6, 6.07) is 24.0. The lowest BCUT2D eigenvalue weighted by Crippen LogP contribution is -2.34. The molecule has 0 saturated carbocycles. The Morgan fingerprint density at radius 1 is 0.907 bits per heavy atom. The first-order chi connectivity index (χ1) is 20.5. The van der Waals surface area contributed by atoms with E-state index >= 15 is 0 Å². The number of hydrogen-bond acceptors (Lipinski definition) is 3. The van der Waals surface area contributed by atoms with Crippen molar-refractivity contribution in [3.63, 3.8) is 0 Å². The van der Waals surface area contributed by atoms with E-state index in [1.807, 2.05) is 54.6 Å². The van der Waals surface area contributed by atoms with E-state index in [2.05, 4.69) is 77.0 Å². The molecule has 0 spiro atoms. The van der Waals surface area contributed by atoms with Crippen molar-refractivity contribution in [2.75, 3.05) is 5.32 Å². The maximum atomic E-state index is 13.6. The quantitative estimate of drug-likeness (QED) is 0.161. The zero-order valence-corrected chi connectivity index (χ0v) is 27.4. The van der Waals surface area contributed by atoms with Crippen molar-refractivity contribution in [3.05, 3.63) is 89.1 Å². The van der Waals surface area contributed by atoms with Crippen LogP contribution in [0.5, 0.6) is 5.75 Å². The van der Waals surface area contributed by atoms with Crippen LogP contribution in [0, 0.1) is 0 Å². The summed E-state index contributed by atoms with van der Waals surface area (Å²) < 4.78 is 6.58. The summed E-state index contributed by atoms with van der Waals surface area (Å²) in [4.78, 5) is 21.5. The second kappa shape index (κ2) is 13.8. The maximum Gasteiger partial charge on any atom is 0.265 e. The van der Waals surface area contributed by atoms with Gasteiger partial charge in [-0.2, -0.15) is 0 Å². The molecule has 1 heterocycles. The Bertz CT molecular complexity index is 1510. The van der Waals surface area contributed by atoms with E-state index in [1.165, 1.54) is 5.56 Å². The second-order valence-electron chi connectivity index (χ2n) is 12.6. The number of nitrogens with zero attached hydrogens (tertiary/aromatic N) is 1. The summed E-state index contributed by atoms with van der Waals surface area (Å²) in [7, 11) is 0. The number of hydrogen-bond donors (Lipinski definition) is 2. The average molecular weight is 600 g/mol. The smallest absolute Gasteiger partial charge is 0.265 e. The third kappa shape index (κ3) is 7.69. The lowest BCUT2D eigenvalue weighted by molar-refractivity contribution is -0.123. The van der Waals surface area contributed by atoms with Gasteiger partial charge >= 0.3 is 0 Å². The summed E-state index contributed by atoms with van der Waals surface area (Å²) in [5.74, 6) is 1.35. The maximum absolute atomic E-state index is 13.6. The number of rotatable bonds is 13. The van der Waals surface area contributed by atoms with E-state index in [-0.39, 0.29) is 16.7 Å². The molecule has 2 N–H and O–H groups in total. The van der Waals surface area contributed by atoms with Gasteiger partial charge in [-0.15, -0.1) is 0 Å². The monoisotopic (exact) mass is 599 g/mol. The van der Waals surface area contributed by atoms with Crippen LogP contribution in [0.25, 0.3) is 22.6 Å². The van der Waals surface area contributed by atoms with E-state index in [9.17, 15) is 4.79 Å². The van der Waals surface area contributed by atoms with Crippen molar-refractivity contribution in [1.82, 2.24) is 9.97 Å². The van der Waals surface area contributed by atoms with E-state index in [1.54, 1.807) is 0 Å². The standard InChI is InChI=1S/C37H46ClN3O2/c1-8-11-17-31(43-30-23-20-27(36(4,5)9-2)24-29(30)37(6,7)10-3)35(42)39-28-21-18-25(19-22-28)32-33(38)41-34(40-32)26-15-13-12-14-16-26/h12-16,18-24,31H,8-11,17H2,1-7H3,(H,39,42)(H,40,41). The Morgan fingerprint density at radius 3 is 2.21 bits per heavy atom. The number of imidazole rings is 1. The van der Waals surface area contributed by atoms with Gasteiger partial charge in [-0.05, 0) is 60.3 Å². The van der Waals surface area contributed by atoms with Crippen LogP contribution < -0.4 is 10.1 Å². The van der Waals surface area contributed by atoms with Crippen LogP contribution in [0.2, 0.25) is 5.15 Å². The highest BCUT2D eigenvalue weighted by atomic mass is 35.5. The number of ether oxygens (including phenoxy) is 1. The Balaban J connectivity index is 1.55.